The van der Waals surface area contributed by atoms with Crippen molar-refractivity contribution in [1.29, 1.82) is 0 Å². The number of rotatable bonds is 4. The molecule has 0 aromatic heterocycles. The highest BCUT2D eigenvalue weighted by atomic mass is 35.5. The zero-order valence-electron chi connectivity index (χ0n) is 10.4. The average Bonchev–Trinajstić information content (AvgIpc) is 2.25. The monoisotopic (exact) mass is 287 g/mol. The predicted molar refractivity (Wildman–Crippen MR) is 70.5 cm³/mol. The van der Waals surface area contributed by atoms with Crippen molar-refractivity contribution in [3.05, 3.63) is 35.7 Å². The van der Waals surface area contributed by atoms with E-state index in [1.165, 1.54) is 12.1 Å². The lowest BCUT2D eigenvalue weighted by Crippen LogP contribution is -2.32. The van der Waals surface area contributed by atoms with Crippen molar-refractivity contribution in [3.63, 3.8) is 0 Å². The van der Waals surface area contributed by atoms with Gasteiger partial charge in [-0.05, 0) is 43.1 Å². The van der Waals surface area contributed by atoms with Gasteiger partial charge in [-0.15, -0.1) is 0 Å². The molecule has 1 rings (SSSR count). The number of benzene rings is 1. The third-order valence-electron chi connectivity index (χ3n) is 2.34. The van der Waals surface area contributed by atoms with Crippen LogP contribution in [-0.2, 0) is 4.79 Å². The minimum Gasteiger partial charge on any atom is -0.323 e. The van der Waals surface area contributed by atoms with Crippen molar-refractivity contribution < 1.29 is 18.4 Å². The van der Waals surface area contributed by atoms with Gasteiger partial charge in [-0.2, -0.15) is 0 Å². The van der Waals surface area contributed by atoms with Gasteiger partial charge in [0.15, 0.2) is 5.67 Å². The van der Waals surface area contributed by atoms with E-state index in [4.69, 9.17) is 11.6 Å². The Kier molecular flexibility index (Phi) is 4.42. The maximum Gasteiger partial charge on any atom is 0.261 e. The van der Waals surface area contributed by atoms with Gasteiger partial charge in [0.2, 0.25) is 0 Å². The van der Waals surface area contributed by atoms with Crippen LogP contribution in [0.2, 0.25) is 0 Å². The van der Waals surface area contributed by atoms with E-state index in [9.17, 15) is 18.4 Å². The molecule has 0 bridgehead atoms. The van der Waals surface area contributed by atoms with E-state index >= 15 is 0 Å². The Morgan fingerprint density at radius 3 is 2.42 bits per heavy atom. The van der Waals surface area contributed by atoms with Crippen LogP contribution in [0.3, 0.4) is 0 Å². The van der Waals surface area contributed by atoms with Crippen LogP contribution in [0.1, 0.15) is 29.8 Å². The summed E-state index contributed by atoms with van der Waals surface area (Å²) in [5.41, 5.74) is -2.31. The third kappa shape index (κ3) is 3.61. The Morgan fingerprint density at radius 1 is 1.42 bits per heavy atom. The molecular formula is C13H12ClF2NO2. The van der Waals surface area contributed by atoms with Gasteiger partial charge in [-0.3, -0.25) is 9.59 Å². The molecule has 0 unspecified atom stereocenters. The normalized spacial score (nSPS) is 11.0. The van der Waals surface area contributed by atoms with Crippen LogP contribution in [0, 0.1) is 5.82 Å². The molecule has 0 saturated carbocycles. The van der Waals surface area contributed by atoms with Gasteiger partial charge < -0.3 is 5.32 Å². The Morgan fingerprint density at radius 2 is 2.00 bits per heavy atom. The van der Waals surface area contributed by atoms with Crippen molar-refractivity contribution in [2.24, 2.45) is 0 Å². The molecule has 19 heavy (non-hydrogen) atoms. The molecule has 0 aliphatic carbocycles. The summed E-state index contributed by atoms with van der Waals surface area (Å²) >= 11 is 5.25. The van der Waals surface area contributed by atoms with E-state index in [1.54, 1.807) is 0 Å². The second kappa shape index (κ2) is 5.48. The number of alkyl halides is 1. The molecule has 1 aromatic carbocycles. The van der Waals surface area contributed by atoms with Crippen molar-refractivity contribution in [3.8, 4) is 0 Å². The van der Waals surface area contributed by atoms with E-state index in [1.807, 2.05) is 0 Å². The molecule has 0 atom stereocenters. The number of hydrogen-bond acceptors (Lipinski definition) is 2. The zero-order valence-corrected chi connectivity index (χ0v) is 11.1. The summed E-state index contributed by atoms with van der Waals surface area (Å²) in [5, 5.41) is 1.23. The number of amides is 1. The molecular weight excluding hydrogens is 276 g/mol. The van der Waals surface area contributed by atoms with Crippen LogP contribution in [0.15, 0.2) is 18.7 Å². The van der Waals surface area contributed by atoms with Crippen LogP contribution in [0.5, 0.6) is 0 Å². The number of carbonyl (C=O) groups excluding carboxylic acids is 2. The number of nitrogens with one attached hydrogen (secondary N) is 1. The second-order valence-electron chi connectivity index (χ2n) is 4.33. The van der Waals surface area contributed by atoms with E-state index in [-0.39, 0.29) is 16.8 Å². The van der Waals surface area contributed by atoms with Crippen LogP contribution in [-0.4, -0.2) is 16.8 Å². The molecule has 0 spiro atoms. The summed E-state index contributed by atoms with van der Waals surface area (Å²) in [7, 11) is 0. The first-order chi connectivity index (χ1) is 8.66. The first kappa shape index (κ1) is 15.3. The molecule has 0 aliphatic rings. The van der Waals surface area contributed by atoms with Gasteiger partial charge >= 0.3 is 0 Å². The fraction of sp³-hybridized carbons (Fsp3) is 0.231. The highest BCUT2D eigenvalue weighted by molar-refractivity contribution is 6.68. The number of halogens is 3. The minimum absolute atomic E-state index is 0.0183. The second-order valence-corrected chi connectivity index (χ2v) is 4.67. The maximum atomic E-state index is 13.7. The summed E-state index contributed by atoms with van der Waals surface area (Å²) in [6, 6.07) is 2.18. The van der Waals surface area contributed by atoms with Gasteiger partial charge in [0.25, 0.3) is 11.1 Å². The number of carbonyl (C=O) groups is 2. The van der Waals surface area contributed by atoms with Crippen molar-refractivity contribution in [2.75, 3.05) is 5.32 Å². The first-order valence-corrected chi connectivity index (χ1v) is 5.70. The Bertz CT molecular complexity index is 550. The zero-order chi connectivity index (χ0) is 14.8. The van der Waals surface area contributed by atoms with Crippen LogP contribution >= 0.6 is 11.6 Å². The van der Waals surface area contributed by atoms with Gasteiger partial charge in [-0.25, -0.2) is 8.78 Å². The van der Waals surface area contributed by atoms with Crippen molar-refractivity contribution in [2.45, 2.75) is 19.5 Å². The van der Waals surface area contributed by atoms with E-state index < -0.39 is 22.6 Å². The standard InChI is InChI=1S/C13H12ClF2NO2/c1-4-7-5-8(17-12(19)13(2,3)16)6-9(15)10(7)11(14)18/h4-6H,1H2,2-3H3,(H,17,19). The third-order valence-corrected chi connectivity index (χ3v) is 2.52. The number of anilines is 1. The quantitative estimate of drug-likeness (QED) is 0.861. The highest BCUT2D eigenvalue weighted by Crippen LogP contribution is 2.24. The summed E-state index contributed by atoms with van der Waals surface area (Å²) in [4.78, 5) is 22.5. The first-order valence-electron chi connectivity index (χ1n) is 5.33. The SMILES string of the molecule is C=Cc1cc(NC(=O)C(C)(C)F)cc(F)c1C(=O)Cl. The smallest absolute Gasteiger partial charge is 0.261 e. The summed E-state index contributed by atoms with van der Waals surface area (Å²) in [6.45, 7) is 5.57. The lowest BCUT2D eigenvalue weighted by atomic mass is 10.1. The Hall–Kier alpha value is -1.75. The molecule has 6 heteroatoms. The molecule has 0 saturated heterocycles. The largest absolute Gasteiger partial charge is 0.323 e. The summed E-state index contributed by atoms with van der Waals surface area (Å²) in [5.74, 6) is -1.84. The molecule has 0 heterocycles. The van der Waals surface area contributed by atoms with E-state index in [2.05, 4.69) is 11.9 Å². The van der Waals surface area contributed by atoms with Gasteiger partial charge in [0, 0.05) is 5.69 Å². The van der Waals surface area contributed by atoms with Gasteiger partial charge in [-0.1, -0.05) is 12.7 Å². The average molecular weight is 288 g/mol. The summed E-state index contributed by atoms with van der Waals surface area (Å²) in [6.07, 6.45) is 1.22. The van der Waals surface area contributed by atoms with E-state index in [0.29, 0.717) is 0 Å². The maximum absolute atomic E-state index is 13.7. The molecule has 102 valence electrons. The van der Waals surface area contributed by atoms with E-state index in [0.717, 1.165) is 19.9 Å². The minimum atomic E-state index is -2.11. The fourth-order valence-electron chi connectivity index (χ4n) is 1.35. The topological polar surface area (TPSA) is 46.2 Å². The molecule has 1 aromatic rings. The molecule has 1 amide bonds. The summed E-state index contributed by atoms with van der Waals surface area (Å²) < 4.78 is 27.1. The van der Waals surface area contributed by atoms with Crippen molar-refractivity contribution >= 4 is 34.5 Å². The van der Waals surface area contributed by atoms with Gasteiger partial charge in [0.05, 0.1) is 5.56 Å². The van der Waals surface area contributed by atoms with Crippen LogP contribution < -0.4 is 5.32 Å². The van der Waals surface area contributed by atoms with Crippen LogP contribution in [0.4, 0.5) is 14.5 Å². The Labute approximate surface area is 114 Å². The molecule has 1 N–H and O–H groups in total. The molecule has 0 radical (unpaired) electrons. The van der Waals surface area contributed by atoms with Crippen molar-refractivity contribution in [1.82, 2.24) is 0 Å². The highest BCUT2D eigenvalue weighted by Gasteiger charge is 2.27. The van der Waals surface area contributed by atoms with Crippen LogP contribution in [0.25, 0.3) is 6.08 Å². The molecule has 0 aliphatic heterocycles. The fourth-order valence-corrected chi connectivity index (χ4v) is 1.55. The molecule has 0 fully saturated rings. The van der Waals surface area contributed by atoms with Gasteiger partial charge in [0.1, 0.15) is 5.82 Å². The Balaban J connectivity index is 3.20. The predicted octanol–water partition coefficient (Wildman–Crippen LogP) is 3.53. The number of hydrogen-bond donors (Lipinski definition) is 1. The lowest BCUT2D eigenvalue weighted by molar-refractivity contribution is -0.125. The molecule has 3 nitrogen and oxygen atoms in total. The lowest BCUT2D eigenvalue weighted by Gasteiger charge is -2.15.